The van der Waals surface area contributed by atoms with Crippen molar-refractivity contribution < 1.29 is 5.11 Å². The lowest BCUT2D eigenvalue weighted by atomic mass is 9.88. The molecule has 0 fully saturated rings. The van der Waals surface area contributed by atoms with Gasteiger partial charge in [-0.25, -0.2) is 0 Å². The van der Waals surface area contributed by atoms with Gasteiger partial charge < -0.3 is 5.11 Å². The van der Waals surface area contributed by atoms with Crippen LogP contribution in [0.25, 0.3) is 0 Å². The lowest BCUT2D eigenvalue weighted by molar-refractivity contribution is 0.0773. The monoisotopic (exact) mass is 212 g/mol. The van der Waals surface area contributed by atoms with E-state index in [1.165, 1.54) is 0 Å². The normalized spacial score (nSPS) is 12.2. The van der Waals surface area contributed by atoms with Gasteiger partial charge >= 0.3 is 0 Å². The highest BCUT2D eigenvalue weighted by Gasteiger charge is 2.22. The molecule has 0 aromatic heterocycles. The third-order valence-electron chi connectivity index (χ3n) is 2.29. The standard InChI is InChI=1S/C12H17ClO/c1-8(2)11-9(12(3,4)14)6-5-7-10(11)13/h5-8,14H,1-4H3. The molecule has 0 saturated heterocycles. The van der Waals surface area contributed by atoms with Gasteiger partial charge in [-0.3, -0.25) is 0 Å². The van der Waals surface area contributed by atoms with Crippen molar-refractivity contribution >= 4 is 11.6 Å². The molecular weight excluding hydrogens is 196 g/mol. The van der Waals surface area contributed by atoms with Crippen LogP contribution in [0.4, 0.5) is 0 Å². The summed E-state index contributed by atoms with van der Waals surface area (Å²) in [4.78, 5) is 0. The minimum atomic E-state index is -0.829. The molecule has 14 heavy (non-hydrogen) atoms. The van der Waals surface area contributed by atoms with Crippen molar-refractivity contribution in [3.05, 3.63) is 34.3 Å². The van der Waals surface area contributed by atoms with E-state index in [4.69, 9.17) is 11.6 Å². The summed E-state index contributed by atoms with van der Waals surface area (Å²) in [5, 5.41) is 10.7. The summed E-state index contributed by atoms with van der Waals surface area (Å²) in [5.74, 6) is 0.324. The Bertz CT molecular complexity index is 324. The van der Waals surface area contributed by atoms with Crippen LogP contribution in [-0.4, -0.2) is 5.11 Å². The molecule has 0 aliphatic carbocycles. The second-order valence-corrected chi connectivity index (χ2v) is 4.82. The average molecular weight is 213 g/mol. The second-order valence-electron chi connectivity index (χ2n) is 4.41. The quantitative estimate of drug-likeness (QED) is 0.793. The number of rotatable bonds is 2. The molecule has 0 bridgehead atoms. The van der Waals surface area contributed by atoms with Gasteiger partial charge in [0.15, 0.2) is 0 Å². The van der Waals surface area contributed by atoms with Crippen LogP contribution >= 0.6 is 11.6 Å². The minimum Gasteiger partial charge on any atom is -0.386 e. The van der Waals surface area contributed by atoms with E-state index in [-0.39, 0.29) is 0 Å². The summed E-state index contributed by atoms with van der Waals surface area (Å²) in [5.41, 5.74) is 1.13. The Balaban J connectivity index is 3.36. The summed E-state index contributed by atoms with van der Waals surface area (Å²) < 4.78 is 0. The lowest BCUT2D eigenvalue weighted by Crippen LogP contribution is -2.18. The molecule has 1 nitrogen and oxygen atoms in total. The minimum absolute atomic E-state index is 0.324. The molecule has 2 heteroatoms. The first-order valence-corrected chi connectivity index (χ1v) is 5.23. The van der Waals surface area contributed by atoms with Gasteiger partial charge in [0.1, 0.15) is 0 Å². The molecule has 0 unspecified atom stereocenters. The third kappa shape index (κ3) is 2.28. The number of halogens is 1. The molecule has 1 aromatic rings. The number of hydrogen-bond donors (Lipinski definition) is 1. The molecule has 0 saturated carbocycles. The summed E-state index contributed by atoms with van der Waals surface area (Å²) in [6, 6.07) is 5.68. The largest absolute Gasteiger partial charge is 0.386 e. The van der Waals surface area contributed by atoms with E-state index in [2.05, 4.69) is 13.8 Å². The van der Waals surface area contributed by atoms with Crippen LogP contribution < -0.4 is 0 Å². The van der Waals surface area contributed by atoms with Gasteiger partial charge in [0.2, 0.25) is 0 Å². The first-order valence-electron chi connectivity index (χ1n) is 4.85. The van der Waals surface area contributed by atoms with Gasteiger partial charge in [0, 0.05) is 5.02 Å². The maximum Gasteiger partial charge on any atom is 0.0843 e. The van der Waals surface area contributed by atoms with Crippen molar-refractivity contribution in [3.63, 3.8) is 0 Å². The topological polar surface area (TPSA) is 20.2 Å². The zero-order chi connectivity index (χ0) is 10.9. The number of aliphatic hydroxyl groups is 1. The van der Waals surface area contributed by atoms with Crippen LogP contribution in [-0.2, 0) is 5.60 Å². The zero-order valence-corrected chi connectivity index (χ0v) is 9.89. The average Bonchev–Trinajstić information content (AvgIpc) is 2.01. The van der Waals surface area contributed by atoms with Crippen LogP contribution in [0.1, 0.15) is 44.7 Å². The van der Waals surface area contributed by atoms with Crippen LogP contribution in [0.3, 0.4) is 0 Å². The first kappa shape index (κ1) is 11.5. The fraction of sp³-hybridized carbons (Fsp3) is 0.500. The molecule has 0 atom stereocenters. The fourth-order valence-electron chi connectivity index (χ4n) is 1.66. The molecule has 1 N–H and O–H groups in total. The number of hydrogen-bond acceptors (Lipinski definition) is 1. The molecule has 1 aromatic carbocycles. The van der Waals surface area contributed by atoms with E-state index in [0.29, 0.717) is 5.92 Å². The third-order valence-corrected chi connectivity index (χ3v) is 2.62. The van der Waals surface area contributed by atoms with Crippen molar-refractivity contribution in [3.8, 4) is 0 Å². The summed E-state index contributed by atoms with van der Waals surface area (Å²) >= 11 is 6.12. The predicted octanol–water partition coefficient (Wildman–Crippen LogP) is 3.69. The van der Waals surface area contributed by atoms with E-state index in [1.54, 1.807) is 13.8 Å². The maximum atomic E-state index is 9.98. The van der Waals surface area contributed by atoms with Crippen molar-refractivity contribution in [2.45, 2.75) is 39.2 Å². The van der Waals surface area contributed by atoms with Crippen molar-refractivity contribution in [1.29, 1.82) is 0 Å². The molecule has 0 aliphatic heterocycles. The van der Waals surface area contributed by atoms with Crippen molar-refractivity contribution in [2.75, 3.05) is 0 Å². The van der Waals surface area contributed by atoms with Gasteiger partial charge in [0.05, 0.1) is 5.60 Å². The zero-order valence-electron chi connectivity index (χ0n) is 9.13. The molecule has 0 heterocycles. The highest BCUT2D eigenvalue weighted by molar-refractivity contribution is 6.31. The lowest BCUT2D eigenvalue weighted by Gasteiger charge is -2.24. The Labute approximate surface area is 90.7 Å². The van der Waals surface area contributed by atoms with E-state index >= 15 is 0 Å². The van der Waals surface area contributed by atoms with E-state index in [0.717, 1.165) is 16.1 Å². The first-order chi connectivity index (χ1) is 6.34. The van der Waals surface area contributed by atoms with Gasteiger partial charge in [-0.15, -0.1) is 0 Å². The predicted molar refractivity (Wildman–Crippen MR) is 60.8 cm³/mol. The molecular formula is C12H17ClO. The molecule has 78 valence electrons. The molecule has 0 aliphatic rings. The fourth-order valence-corrected chi connectivity index (χ4v) is 2.05. The molecule has 0 amide bonds. The van der Waals surface area contributed by atoms with Crippen molar-refractivity contribution in [1.82, 2.24) is 0 Å². The molecule has 0 radical (unpaired) electrons. The highest BCUT2D eigenvalue weighted by atomic mass is 35.5. The SMILES string of the molecule is CC(C)c1c(Cl)cccc1C(C)(C)O. The van der Waals surface area contributed by atoms with Gasteiger partial charge in [-0.05, 0) is 37.0 Å². The highest BCUT2D eigenvalue weighted by Crippen LogP contribution is 2.33. The van der Waals surface area contributed by atoms with E-state index in [1.807, 2.05) is 18.2 Å². The Kier molecular flexibility index (Phi) is 3.23. The van der Waals surface area contributed by atoms with Crippen LogP contribution in [0, 0.1) is 0 Å². The van der Waals surface area contributed by atoms with Crippen molar-refractivity contribution in [2.24, 2.45) is 0 Å². The van der Waals surface area contributed by atoms with Crippen LogP contribution in [0.5, 0.6) is 0 Å². The summed E-state index contributed by atoms with van der Waals surface area (Å²) in [6.45, 7) is 7.72. The molecule has 0 spiro atoms. The van der Waals surface area contributed by atoms with Gasteiger partial charge in [-0.2, -0.15) is 0 Å². The summed E-state index contributed by atoms with van der Waals surface area (Å²) in [6.07, 6.45) is 0. The summed E-state index contributed by atoms with van der Waals surface area (Å²) in [7, 11) is 0. The Hall–Kier alpha value is -0.530. The Morgan fingerprint density at radius 2 is 1.86 bits per heavy atom. The van der Waals surface area contributed by atoms with Gasteiger partial charge in [-0.1, -0.05) is 37.6 Å². The van der Waals surface area contributed by atoms with E-state index in [9.17, 15) is 5.11 Å². The van der Waals surface area contributed by atoms with Gasteiger partial charge in [0.25, 0.3) is 0 Å². The maximum absolute atomic E-state index is 9.98. The number of benzene rings is 1. The molecule has 1 rings (SSSR count). The smallest absolute Gasteiger partial charge is 0.0843 e. The second kappa shape index (κ2) is 3.92. The van der Waals surface area contributed by atoms with Crippen LogP contribution in [0.15, 0.2) is 18.2 Å². The Morgan fingerprint density at radius 1 is 1.29 bits per heavy atom. The van der Waals surface area contributed by atoms with Crippen LogP contribution in [0.2, 0.25) is 5.02 Å². The Morgan fingerprint density at radius 3 is 2.21 bits per heavy atom. The van der Waals surface area contributed by atoms with E-state index < -0.39 is 5.60 Å².